The summed E-state index contributed by atoms with van der Waals surface area (Å²) in [7, 11) is 1.54. The van der Waals surface area contributed by atoms with E-state index in [-0.39, 0.29) is 12.3 Å². The summed E-state index contributed by atoms with van der Waals surface area (Å²) in [4.78, 5) is 42.1. The van der Waals surface area contributed by atoms with Crippen LogP contribution in [0.1, 0.15) is 32.8 Å². The lowest BCUT2D eigenvalue weighted by Crippen LogP contribution is -2.66. The molecule has 32 heavy (non-hydrogen) atoms. The molecule has 2 heterocycles. The number of hydrogen-bond acceptors (Lipinski definition) is 6. The molecular formula is C22H21Br2N3O5. The van der Waals surface area contributed by atoms with Gasteiger partial charge in [0.1, 0.15) is 11.4 Å². The Morgan fingerprint density at radius 3 is 2.31 bits per heavy atom. The van der Waals surface area contributed by atoms with Crippen LogP contribution in [-0.2, 0) is 19.9 Å². The van der Waals surface area contributed by atoms with E-state index >= 15 is 0 Å². The Labute approximate surface area is 201 Å². The van der Waals surface area contributed by atoms with Crippen LogP contribution in [0.5, 0.6) is 5.75 Å². The number of carbonyl (C=O) groups excluding carboxylic acids is 3. The molecule has 0 aliphatic carbocycles. The van der Waals surface area contributed by atoms with E-state index in [0.29, 0.717) is 37.3 Å². The lowest BCUT2D eigenvalue weighted by molar-refractivity contribution is -0.137. The minimum absolute atomic E-state index is 0.107. The van der Waals surface area contributed by atoms with Gasteiger partial charge < -0.3 is 15.2 Å². The number of imide groups is 1. The number of methoxy groups -OCH3 is 1. The maximum atomic E-state index is 13.9. The van der Waals surface area contributed by atoms with Gasteiger partial charge in [-0.1, -0.05) is 0 Å². The Balaban J connectivity index is 1.91. The Morgan fingerprint density at radius 1 is 1.16 bits per heavy atom. The Morgan fingerprint density at radius 2 is 1.78 bits per heavy atom. The van der Waals surface area contributed by atoms with Crippen LogP contribution in [0.2, 0.25) is 0 Å². The first-order valence-electron chi connectivity index (χ1n) is 9.75. The summed E-state index contributed by atoms with van der Waals surface area (Å²) in [6.07, 6.45) is -0.928. The summed E-state index contributed by atoms with van der Waals surface area (Å²) < 4.78 is 11.6. The molecule has 1 saturated heterocycles. The molecule has 2 aromatic carbocycles. The maximum absolute atomic E-state index is 13.9. The molecule has 1 unspecified atom stereocenters. The quantitative estimate of drug-likeness (QED) is 0.417. The van der Waals surface area contributed by atoms with Gasteiger partial charge in [0.05, 0.1) is 24.9 Å². The molecule has 1 fully saturated rings. The average molecular weight is 567 g/mol. The molecule has 0 bridgehead atoms. The number of hydrogen-bond donors (Lipinski definition) is 1. The highest BCUT2D eigenvalue weighted by Gasteiger charge is 2.67. The largest absolute Gasteiger partial charge is 0.497 e. The first-order valence-corrected chi connectivity index (χ1v) is 11.3. The Bertz CT molecular complexity index is 1160. The van der Waals surface area contributed by atoms with Gasteiger partial charge in [-0.2, -0.15) is 0 Å². The first kappa shape index (κ1) is 22.6. The van der Waals surface area contributed by atoms with Crippen LogP contribution >= 0.6 is 31.9 Å². The van der Waals surface area contributed by atoms with E-state index in [1.54, 1.807) is 58.2 Å². The van der Waals surface area contributed by atoms with E-state index in [2.05, 4.69) is 31.9 Å². The highest BCUT2D eigenvalue weighted by Crippen LogP contribution is 2.58. The molecular weight excluding hydrogens is 546 g/mol. The van der Waals surface area contributed by atoms with Gasteiger partial charge in [0.15, 0.2) is 5.54 Å². The van der Waals surface area contributed by atoms with Crippen molar-refractivity contribution in [1.29, 1.82) is 0 Å². The summed E-state index contributed by atoms with van der Waals surface area (Å²) in [5.41, 5.74) is 5.59. The van der Waals surface area contributed by atoms with E-state index in [1.165, 1.54) is 4.90 Å². The van der Waals surface area contributed by atoms with Crippen LogP contribution in [0, 0.1) is 0 Å². The normalized spacial score (nSPS) is 19.8. The smallest absolute Gasteiger partial charge is 0.421 e. The van der Waals surface area contributed by atoms with Crippen LogP contribution in [-0.4, -0.2) is 30.6 Å². The fourth-order valence-electron chi connectivity index (χ4n) is 4.05. The number of benzene rings is 2. The second-order valence-electron chi connectivity index (χ2n) is 8.57. The monoisotopic (exact) mass is 565 g/mol. The van der Waals surface area contributed by atoms with Gasteiger partial charge in [-0.05, 0) is 83.0 Å². The Hall–Kier alpha value is -2.59. The summed E-state index contributed by atoms with van der Waals surface area (Å²) in [6, 6.07) is 8.38. The number of nitrogen functional groups attached to an aromatic ring is 1. The van der Waals surface area contributed by atoms with Crippen molar-refractivity contribution < 1.29 is 23.9 Å². The number of halogens is 2. The van der Waals surface area contributed by atoms with Gasteiger partial charge >= 0.3 is 6.09 Å². The summed E-state index contributed by atoms with van der Waals surface area (Å²) in [5.74, 6) is -0.220. The van der Waals surface area contributed by atoms with Gasteiger partial charge in [-0.15, -0.1) is 0 Å². The van der Waals surface area contributed by atoms with Crippen LogP contribution in [0.4, 0.5) is 21.9 Å². The van der Waals surface area contributed by atoms with Crippen molar-refractivity contribution in [2.24, 2.45) is 0 Å². The van der Waals surface area contributed by atoms with Crippen molar-refractivity contribution in [2.45, 2.75) is 38.3 Å². The van der Waals surface area contributed by atoms with E-state index < -0.39 is 23.1 Å². The topological polar surface area (TPSA) is 102 Å². The van der Waals surface area contributed by atoms with Crippen molar-refractivity contribution in [3.63, 3.8) is 0 Å². The molecule has 4 rings (SSSR count). The lowest BCUT2D eigenvalue weighted by atomic mass is 9.77. The third kappa shape index (κ3) is 3.19. The molecule has 0 saturated carbocycles. The number of anilines is 3. The number of rotatable bonds is 2. The maximum Gasteiger partial charge on any atom is 0.421 e. The zero-order valence-corrected chi connectivity index (χ0v) is 21.0. The van der Waals surface area contributed by atoms with E-state index in [4.69, 9.17) is 15.2 Å². The summed E-state index contributed by atoms with van der Waals surface area (Å²) in [5, 5.41) is 0. The molecule has 2 aliphatic heterocycles. The summed E-state index contributed by atoms with van der Waals surface area (Å²) in [6.45, 7) is 5.15. The third-order valence-corrected chi connectivity index (χ3v) is 6.87. The van der Waals surface area contributed by atoms with Crippen LogP contribution in [0.3, 0.4) is 0 Å². The molecule has 1 spiro atoms. The molecule has 2 aromatic rings. The van der Waals surface area contributed by atoms with E-state index in [0.717, 1.165) is 4.90 Å². The van der Waals surface area contributed by atoms with Crippen molar-refractivity contribution >= 4 is 66.8 Å². The fraction of sp³-hybridized carbons (Fsp3) is 0.318. The number of fused-ring (bicyclic) bond motifs is 2. The number of nitrogens with two attached hydrogens (primary N) is 1. The minimum atomic E-state index is -1.43. The SMILES string of the molecule is COc1ccc(N2C(=O)CC23C(=O)N(C(=O)OC(C)(C)C)c2cc(Br)c(N)c(Br)c23)cc1. The average Bonchev–Trinajstić information content (AvgIpc) is 2.95. The summed E-state index contributed by atoms with van der Waals surface area (Å²) >= 11 is 6.88. The molecule has 168 valence electrons. The first-order chi connectivity index (χ1) is 14.9. The van der Waals surface area contributed by atoms with Crippen molar-refractivity contribution in [1.82, 2.24) is 0 Å². The van der Waals surface area contributed by atoms with Gasteiger partial charge in [-0.3, -0.25) is 14.5 Å². The number of nitrogens with zero attached hydrogens (tertiary/aromatic N) is 2. The highest BCUT2D eigenvalue weighted by atomic mass is 79.9. The van der Waals surface area contributed by atoms with Crippen molar-refractivity contribution in [3.05, 3.63) is 44.8 Å². The van der Waals surface area contributed by atoms with Crippen LogP contribution in [0.25, 0.3) is 0 Å². The van der Waals surface area contributed by atoms with Crippen LogP contribution < -0.4 is 20.3 Å². The molecule has 8 nitrogen and oxygen atoms in total. The van der Waals surface area contributed by atoms with E-state index in [9.17, 15) is 14.4 Å². The molecule has 3 amide bonds. The number of amides is 3. The van der Waals surface area contributed by atoms with Crippen molar-refractivity contribution in [2.75, 3.05) is 22.6 Å². The lowest BCUT2D eigenvalue weighted by Gasteiger charge is -2.48. The Kier molecular flexibility index (Phi) is 5.28. The molecule has 0 radical (unpaired) electrons. The molecule has 0 aromatic heterocycles. The minimum Gasteiger partial charge on any atom is -0.497 e. The fourth-order valence-corrected chi connectivity index (χ4v) is 5.47. The zero-order chi connectivity index (χ0) is 23.6. The third-order valence-electron chi connectivity index (χ3n) is 5.39. The second-order valence-corrected chi connectivity index (χ2v) is 10.2. The highest BCUT2D eigenvalue weighted by molar-refractivity contribution is 9.11. The predicted octanol–water partition coefficient (Wildman–Crippen LogP) is 4.72. The van der Waals surface area contributed by atoms with E-state index in [1.807, 2.05) is 0 Å². The van der Waals surface area contributed by atoms with Crippen LogP contribution in [0.15, 0.2) is 39.3 Å². The van der Waals surface area contributed by atoms with Crippen molar-refractivity contribution in [3.8, 4) is 5.75 Å². The van der Waals surface area contributed by atoms with Gasteiger partial charge in [0.25, 0.3) is 5.91 Å². The number of carbonyl (C=O) groups is 3. The molecule has 2 N–H and O–H groups in total. The molecule has 1 atom stereocenters. The molecule has 10 heteroatoms. The van der Waals surface area contributed by atoms with Gasteiger partial charge in [-0.25, -0.2) is 9.69 Å². The molecule has 2 aliphatic rings. The zero-order valence-electron chi connectivity index (χ0n) is 17.9. The second kappa shape index (κ2) is 7.48. The number of ether oxygens (including phenoxy) is 2. The van der Waals surface area contributed by atoms with Gasteiger partial charge in [0, 0.05) is 20.2 Å². The van der Waals surface area contributed by atoms with Gasteiger partial charge in [0.2, 0.25) is 5.91 Å². The predicted molar refractivity (Wildman–Crippen MR) is 127 cm³/mol. The number of β-lactam (4-membered cyclic amide) rings is 1. The standard InChI is InChI=1S/C22H21Br2N3O5/c1-21(2,3)32-20(30)26-14-9-13(23)18(25)17(24)16(14)22(19(26)29)10-15(28)27(22)11-5-7-12(31-4)8-6-11/h5-9H,10,25H2,1-4H3.